The highest BCUT2D eigenvalue weighted by Gasteiger charge is 2.45. The number of pyridine rings is 1. The average molecular weight is 1160 g/mol. The summed E-state index contributed by atoms with van der Waals surface area (Å²) in [6.45, 7) is 16.0. The van der Waals surface area contributed by atoms with Gasteiger partial charge in [0.15, 0.2) is 5.82 Å². The Balaban J connectivity index is 0.801. The van der Waals surface area contributed by atoms with Gasteiger partial charge in [0, 0.05) is 57.0 Å². The Morgan fingerprint density at radius 2 is 1.76 bits per heavy atom. The molecule has 432 valence electrons. The molecule has 19 nitrogen and oxygen atoms in total. The summed E-state index contributed by atoms with van der Waals surface area (Å²) in [7, 11) is 1.73. The zero-order valence-corrected chi connectivity index (χ0v) is 48.7. The van der Waals surface area contributed by atoms with Gasteiger partial charge in [-0.2, -0.15) is 15.2 Å². The lowest BCUT2D eigenvalue weighted by atomic mass is 9.85. The molecule has 22 heteroatoms. The number of β-amino-alcohol motifs (C(OH)–C–C–N with tert-alkyl or cyclic N) is 1. The monoisotopic (exact) mass is 1160 g/mol. The van der Waals surface area contributed by atoms with E-state index >= 15 is 4.39 Å². The fraction of sp³-hybridized carbons (Fsp3) is 0.450. The number of ether oxygens (including phenoxy) is 2. The minimum atomic E-state index is -0.998. The van der Waals surface area contributed by atoms with Crippen LogP contribution in [0.15, 0.2) is 78.8 Å². The normalized spacial score (nSPS) is 18.7. The van der Waals surface area contributed by atoms with Crippen LogP contribution in [0.5, 0.6) is 6.01 Å². The SMILES string of the molecule is C=CC(=O)N1CCN(c2nc(OCCN3CCC(COCC(=O)N[C@H](C(=O)N4C[C@H](O)C[C@H]4C(=O)N[C@@H](C)c4ccc(-c5scnc5C)cc4)C(C)(C)C)CC3)nc3c(F)c(-c4nc(NC)cc5ccccc45)c(Cl)cc23)C[C@@H]1CC#N. The topological polar surface area (TPSA) is 231 Å². The summed E-state index contributed by atoms with van der Waals surface area (Å²) in [5.41, 5.74) is 4.33. The van der Waals surface area contributed by atoms with Crippen molar-refractivity contribution in [2.75, 3.05) is 82.9 Å². The van der Waals surface area contributed by atoms with Crippen LogP contribution in [0.2, 0.25) is 5.02 Å². The summed E-state index contributed by atoms with van der Waals surface area (Å²) in [6, 6.07) is 18.3. The Morgan fingerprint density at radius 3 is 2.45 bits per heavy atom. The first-order valence-electron chi connectivity index (χ1n) is 27.7. The second kappa shape index (κ2) is 25.8. The first kappa shape index (κ1) is 59.3. The number of nitriles is 1. The van der Waals surface area contributed by atoms with E-state index < -0.39 is 47.3 Å². The highest BCUT2D eigenvalue weighted by Crippen LogP contribution is 2.42. The van der Waals surface area contributed by atoms with Crippen molar-refractivity contribution in [1.29, 1.82) is 5.26 Å². The number of piperazine rings is 1. The number of aromatic nitrogens is 4. The molecule has 0 saturated carbocycles. The van der Waals surface area contributed by atoms with Gasteiger partial charge in [-0.15, -0.1) is 11.3 Å². The van der Waals surface area contributed by atoms with Gasteiger partial charge in [-0.05, 0) is 85.8 Å². The molecule has 9 rings (SSSR count). The summed E-state index contributed by atoms with van der Waals surface area (Å²) in [6.07, 6.45) is 2.03. The van der Waals surface area contributed by atoms with E-state index in [1.54, 1.807) is 29.4 Å². The minimum Gasteiger partial charge on any atom is -0.462 e. The van der Waals surface area contributed by atoms with Crippen molar-refractivity contribution in [2.24, 2.45) is 11.3 Å². The zero-order chi connectivity index (χ0) is 58.4. The van der Waals surface area contributed by atoms with Crippen LogP contribution in [-0.4, -0.2) is 160 Å². The van der Waals surface area contributed by atoms with Crippen LogP contribution in [0, 0.1) is 35.4 Å². The van der Waals surface area contributed by atoms with Crippen molar-refractivity contribution in [1.82, 2.24) is 45.3 Å². The van der Waals surface area contributed by atoms with Gasteiger partial charge >= 0.3 is 6.01 Å². The highest BCUT2D eigenvalue weighted by molar-refractivity contribution is 7.13. The number of nitrogens with one attached hydrogen (secondary N) is 3. The molecule has 3 fully saturated rings. The van der Waals surface area contributed by atoms with Gasteiger partial charge in [0.05, 0.1) is 69.6 Å². The second-order valence-electron chi connectivity index (χ2n) is 22.3. The third-order valence-corrected chi connectivity index (χ3v) is 16.9. The van der Waals surface area contributed by atoms with E-state index in [1.807, 2.05) is 99.6 Å². The number of hydrogen-bond acceptors (Lipinski definition) is 16. The van der Waals surface area contributed by atoms with E-state index in [0.29, 0.717) is 47.8 Å². The molecule has 6 aromatic rings. The molecule has 6 heterocycles. The Kier molecular flexibility index (Phi) is 18.7. The number of likely N-dealkylation sites (tertiary alicyclic amines) is 2. The van der Waals surface area contributed by atoms with E-state index in [1.165, 1.54) is 11.0 Å². The number of aryl methyl sites for hydroxylation is 1. The second-order valence-corrected chi connectivity index (χ2v) is 23.6. The Labute approximate surface area is 485 Å². The lowest BCUT2D eigenvalue weighted by Crippen LogP contribution is -2.58. The molecule has 4 amide bonds. The Bertz CT molecular complexity index is 3380. The first-order valence-corrected chi connectivity index (χ1v) is 29.0. The molecule has 0 aliphatic carbocycles. The molecular weight excluding hydrogens is 1090 g/mol. The van der Waals surface area contributed by atoms with Crippen LogP contribution < -0.4 is 25.6 Å². The molecular formula is C60H70ClFN12O7S. The van der Waals surface area contributed by atoms with Crippen molar-refractivity contribution in [3.8, 4) is 33.8 Å². The standard InChI is InChI=1S/C60H70ClFN12O7S/c1-8-49(77)73-24-23-72(30-41(73)17-20-63)56-44-29-45(61)50(52-43-12-10-9-11-40(43)27-47(64-7)67-52)51(62)53(44)69-59(70-56)81-26-25-71-21-18-37(19-22-71)32-80-33-48(76)68-55(60(4,5)6)58(79)74-31-42(75)28-46(74)57(78)66-35(2)38-13-15-39(16-14-38)54-36(3)65-34-82-54/h8-16,27,29,34-35,37,41-42,46,55,75H,1,17-19,21-26,28,30-33H2,2-7H3,(H,64,67)(H,66,78)(H,68,76)/t35-,41-,42+,46-,55+/m0/s1. The molecule has 0 spiro atoms. The van der Waals surface area contributed by atoms with Crippen LogP contribution in [0.4, 0.5) is 16.0 Å². The van der Waals surface area contributed by atoms with Crippen LogP contribution >= 0.6 is 22.9 Å². The molecule has 3 aliphatic rings. The largest absolute Gasteiger partial charge is 0.462 e. The van der Waals surface area contributed by atoms with Crippen LogP contribution in [0.3, 0.4) is 0 Å². The van der Waals surface area contributed by atoms with E-state index in [-0.39, 0.29) is 91.6 Å². The van der Waals surface area contributed by atoms with Gasteiger partial charge in [-0.1, -0.05) is 87.5 Å². The lowest BCUT2D eigenvalue weighted by molar-refractivity contribution is -0.144. The van der Waals surface area contributed by atoms with E-state index in [2.05, 4.69) is 43.5 Å². The predicted molar refractivity (Wildman–Crippen MR) is 315 cm³/mol. The molecule has 0 radical (unpaired) electrons. The van der Waals surface area contributed by atoms with Crippen molar-refractivity contribution in [3.63, 3.8) is 0 Å². The molecule has 4 N–H and O–H groups in total. The molecule has 3 aliphatic heterocycles. The van der Waals surface area contributed by atoms with Crippen LogP contribution in [0.1, 0.15) is 70.7 Å². The minimum absolute atomic E-state index is 0.0247. The number of aliphatic hydroxyl groups excluding tert-OH is 1. The number of fused-ring (bicyclic) bond motifs is 2. The molecule has 3 aromatic heterocycles. The average Bonchev–Trinajstić information content (AvgIpc) is 4.24. The highest BCUT2D eigenvalue weighted by atomic mass is 35.5. The number of anilines is 2. The van der Waals surface area contributed by atoms with Crippen molar-refractivity contribution in [2.45, 2.75) is 90.6 Å². The zero-order valence-electron chi connectivity index (χ0n) is 47.1. The summed E-state index contributed by atoms with van der Waals surface area (Å²) in [5.74, 6) is -1.25. The third kappa shape index (κ3) is 13.3. The van der Waals surface area contributed by atoms with Gasteiger partial charge in [-0.25, -0.2) is 14.4 Å². The fourth-order valence-electron chi connectivity index (χ4n) is 11.1. The smallest absolute Gasteiger partial charge is 0.319 e. The summed E-state index contributed by atoms with van der Waals surface area (Å²) < 4.78 is 29.6. The van der Waals surface area contributed by atoms with Crippen molar-refractivity contribution >= 4 is 79.9 Å². The lowest BCUT2D eigenvalue weighted by Gasteiger charge is -2.41. The number of amides is 4. The van der Waals surface area contributed by atoms with Gasteiger partial charge in [0.25, 0.3) is 0 Å². The maximum Gasteiger partial charge on any atom is 0.319 e. The van der Waals surface area contributed by atoms with E-state index in [9.17, 15) is 29.5 Å². The van der Waals surface area contributed by atoms with Gasteiger partial charge < -0.3 is 45.2 Å². The number of aliphatic hydroxyl groups is 1. The van der Waals surface area contributed by atoms with Gasteiger partial charge in [0.1, 0.15) is 42.4 Å². The summed E-state index contributed by atoms with van der Waals surface area (Å²) >= 11 is 8.58. The molecule has 3 aromatic carbocycles. The van der Waals surface area contributed by atoms with Crippen molar-refractivity contribution in [3.05, 3.63) is 101 Å². The maximum absolute atomic E-state index is 17.4. The summed E-state index contributed by atoms with van der Waals surface area (Å²) in [4.78, 5) is 81.2. The van der Waals surface area contributed by atoms with E-state index in [0.717, 1.165) is 53.0 Å². The van der Waals surface area contributed by atoms with Crippen LogP contribution in [0.25, 0.3) is 43.4 Å². The fourth-order valence-corrected chi connectivity index (χ4v) is 12.2. The van der Waals surface area contributed by atoms with Crippen molar-refractivity contribution < 1.29 is 38.1 Å². The number of benzene rings is 3. The Hall–Kier alpha value is -7.35. The van der Waals surface area contributed by atoms with Gasteiger partial charge in [0.2, 0.25) is 23.6 Å². The number of nitrogens with zero attached hydrogens (tertiary/aromatic N) is 9. The number of piperidine rings is 1. The third-order valence-electron chi connectivity index (χ3n) is 15.6. The molecule has 3 saturated heterocycles. The van der Waals surface area contributed by atoms with Crippen LogP contribution in [-0.2, 0) is 23.9 Å². The Morgan fingerprint density at radius 1 is 1.00 bits per heavy atom. The number of hydrogen-bond donors (Lipinski definition) is 4. The number of rotatable bonds is 19. The van der Waals surface area contributed by atoms with E-state index in [4.69, 9.17) is 31.0 Å². The number of carbonyl (C=O) groups is 4. The maximum atomic E-state index is 17.4. The molecule has 5 atom stereocenters. The predicted octanol–water partition coefficient (Wildman–Crippen LogP) is 7.71. The first-order chi connectivity index (χ1) is 39.3. The van der Waals surface area contributed by atoms with Gasteiger partial charge in [-0.3, -0.25) is 24.1 Å². The number of halogens is 2. The quantitative estimate of drug-likeness (QED) is 0.0569. The number of thiazole rings is 1. The summed E-state index contributed by atoms with van der Waals surface area (Å²) in [5, 5.41) is 31.4. The molecule has 0 unspecified atom stereocenters. The molecule has 0 bridgehead atoms. The number of carbonyl (C=O) groups excluding carboxylic acids is 4. The molecule has 82 heavy (non-hydrogen) atoms.